The van der Waals surface area contributed by atoms with Gasteiger partial charge in [-0.15, -0.1) is 0 Å². The number of benzene rings is 1. The van der Waals surface area contributed by atoms with Gasteiger partial charge in [-0.05, 0) is 43.6 Å². The molecule has 0 saturated carbocycles. The number of rotatable bonds is 2. The van der Waals surface area contributed by atoms with E-state index in [1.54, 1.807) is 0 Å². The van der Waals surface area contributed by atoms with Crippen LogP contribution in [0.1, 0.15) is 31.2 Å². The molecule has 3 heteroatoms. The fourth-order valence-electron chi connectivity index (χ4n) is 2.19. The number of halogens is 2. The highest BCUT2D eigenvalue weighted by Crippen LogP contribution is 2.23. The summed E-state index contributed by atoms with van der Waals surface area (Å²) in [7, 11) is 0. The zero-order valence-corrected chi connectivity index (χ0v) is 10.9. The van der Waals surface area contributed by atoms with Crippen molar-refractivity contribution in [2.75, 3.05) is 13.1 Å². The number of hydrogen-bond donors (Lipinski definition) is 0. The van der Waals surface area contributed by atoms with Gasteiger partial charge >= 0.3 is 0 Å². The van der Waals surface area contributed by atoms with E-state index in [0.29, 0.717) is 5.02 Å². The molecule has 1 aliphatic rings. The Labute approximate surface area is 107 Å². The summed E-state index contributed by atoms with van der Waals surface area (Å²) in [6, 6.07) is 5.78. The van der Waals surface area contributed by atoms with Crippen molar-refractivity contribution < 1.29 is 0 Å². The Balaban J connectivity index is 2.01. The van der Waals surface area contributed by atoms with Crippen LogP contribution in [0.15, 0.2) is 18.2 Å². The summed E-state index contributed by atoms with van der Waals surface area (Å²) in [6.45, 7) is 3.34. The van der Waals surface area contributed by atoms with E-state index in [-0.39, 0.29) is 0 Å². The Hall–Kier alpha value is -0.240. The molecule has 0 N–H and O–H groups in total. The highest BCUT2D eigenvalue weighted by Gasteiger charge is 2.11. The lowest BCUT2D eigenvalue weighted by atomic mass is 10.2. The molecule has 1 fully saturated rings. The topological polar surface area (TPSA) is 3.24 Å². The largest absolute Gasteiger partial charge is 0.299 e. The van der Waals surface area contributed by atoms with Crippen LogP contribution in [0.5, 0.6) is 0 Å². The van der Waals surface area contributed by atoms with Crippen molar-refractivity contribution in [2.45, 2.75) is 32.2 Å². The summed E-state index contributed by atoms with van der Waals surface area (Å²) >= 11 is 12.1. The van der Waals surface area contributed by atoms with Gasteiger partial charge in [-0.25, -0.2) is 0 Å². The molecule has 1 aromatic carbocycles. The first-order chi connectivity index (χ1) is 7.75. The third-order valence-corrected chi connectivity index (χ3v) is 3.69. The van der Waals surface area contributed by atoms with Crippen molar-refractivity contribution in [2.24, 2.45) is 0 Å². The second-order valence-electron chi connectivity index (χ2n) is 4.43. The fourth-order valence-corrected chi connectivity index (χ4v) is 2.65. The molecule has 1 aromatic rings. The van der Waals surface area contributed by atoms with Crippen LogP contribution in [-0.2, 0) is 6.54 Å². The number of likely N-dealkylation sites (tertiary alicyclic amines) is 1. The first-order valence-corrected chi connectivity index (χ1v) is 6.67. The Bertz CT molecular complexity index is 344. The van der Waals surface area contributed by atoms with Gasteiger partial charge in [0.15, 0.2) is 0 Å². The molecule has 0 unspecified atom stereocenters. The predicted molar refractivity (Wildman–Crippen MR) is 70.2 cm³/mol. The van der Waals surface area contributed by atoms with Crippen LogP contribution in [0, 0.1) is 0 Å². The summed E-state index contributed by atoms with van der Waals surface area (Å²) in [5.74, 6) is 0. The third-order valence-electron chi connectivity index (χ3n) is 3.11. The number of hydrogen-bond acceptors (Lipinski definition) is 1. The van der Waals surface area contributed by atoms with E-state index in [4.69, 9.17) is 23.2 Å². The van der Waals surface area contributed by atoms with E-state index >= 15 is 0 Å². The van der Waals surface area contributed by atoms with Crippen LogP contribution >= 0.6 is 23.2 Å². The molecule has 1 saturated heterocycles. The molecule has 1 aliphatic heterocycles. The molecule has 0 atom stereocenters. The summed E-state index contributed by atoms with van der Waals surface area (Å²) in [5, 5.41) is 1.50. The molecule has 1 nitrogen and oxygen atoms in total. The van der Waals surface area contributed by atoms with Gasteiger partial charge in [-0.2, -0.15) is 0 Å². The van der Waals surface area contributed by atoms with E-state index in [2.05, 4.69) is 4.90 Å². The summed E-state index contributed by atoms with van der Waals surface area (Å²) in [4.78, 5) is 2.49. The third kappa shape index (κ3) is 3.38. The molecular formula is C13H17Cl2N. The Morgan fingerprint density at radius 2 is 1.69 bits per heavy atom. The van der Waals surface area contributed by atoms with Gasteiger partial charge in [0.05, 0.1) is 0 Å². The van der Waals surface area contributed by atoms with Crippen molar-refractivity contribution >= 4 is 23.2 Å². The van der Waals surface area contributed by atoms with Crippen LogP contribution in [0.2, 0.25) is 10.0 Å². The minimum Gasteiger partial charge on any atom is -0.299 e. The van der Waals surface area contributed by atoms with Gasteiger partial charge in [0.1, 0.15) is 0 Å². The van der Waals surface area contributed by atoms with Gasteiger partial charge in [0, 0.05) is 16.6 Å². The second-order valence-corrected chi connectivity index (χ2v) is 5.27. The first kappa shape index (κ1) is 12.2. The van der Waals surface area contributed by atoms with E-state index in [9.17, 15) is 0 Å². The quantitative estimate of drug-likeness (QED) is 0.761. The van der Waals surface area contributed by atoms with Crippen molar-refractivity contribution in [1.82, 2.24) is 4.90 Å². The minimum atomic E-state index is 0.713. The van der Waals surface area contributed by atoms with Crippen LogP contribution in [0.4, 0.5) is 0 Å². The molecular weight excluding hydrogens is 241 g/mol. The van der Waals surface area contributed by atoms with E-state index in [1.165, 1.54) is 44.3 Å². The standard InChI is InChI=1S/C13H17Cl2N/c14-12-6-5-11(13(15)9-12)10-16-7-3-1-2-4-8-16/h5-6,9H,1-4,7-8,10H2. The lowest BCUT2D eigenvalue weighted by Crippen LogP contribution is -2.24. The predicted octanol–water partition coefficient (Wildman–Crippen LogP) is 4.37. The van der Waals surface area contributed by atoms with E-state index in [1.807, 2.05) is 18.2 Å². The fraction of sp³-hybridized carbons (Fsp3) is 0.538. The maximum atomic E-state index is 6.18. The molecule has 0 bridgehead atoms. The van der Waals surface area contributed by atoms with Crippen LogP contribution in [0.3, 0.4) is 0 Å². The zero-order valence-electron chi connectivity index (χ0n) is 9.38. The van der Waals surface area contributed by atoms with Crippen LogP contribution in [-0.4, -0.2) is 18.0 Å². The van der Waals surface area contributed by atoms with Crippen LogP contribution < -0.4 is 0 Å². The average molecular weight is 258 g/mol. The maximum Gasteiger partial charge on any atom is 0.0465 e. The summed E-state index contributed by atoms with van der Waals surface area (Å²) in [5.41, 5.74) is 1.19. The van der Waals surface area contributed by atoms with Gasteiger partial charge in [0.2, 0.25) is 0 Å². The molecule has 2 rings (SSSR count). The van der Waals surface area contributed by atoms with E-state index in [0.717, 1.165) is 11.6 Å². The van der Waals surface area contributed by atoms with Gasteiger partial charge in [0.25, 0.3) is 0 Å². The van der Waals surface area contributed by atoms with Crippen molar-refractivity contribution in [3.63, 3.8) is 0 Å². The maximum absolute atomic E-state index is 6.18. The highest BCUT2D eigenvalue weighted by atomic mass is 35.5. The Morgan fingerprint density at radius 3 is 2.31 bits per heavy atom. The molecule has 0 spiro atoms. The molecule has 0 radical (unpaired) electrons. The summed E-state index contributed by atoms with van der Waals surface area (Å²) < 4.78 is 0. The lowest BCUT2D eigenvalue weighted by molar-refractivity contribution is 0.277. The Kier molecular flexibility index (Phi) is 4.51. The monoisotopic (exact) mass is 257 g/mol. The Morgan fingerprint density at radius 1 is 1.00 bits per heavy atom. The lowest BCUT2D eigenvalue weighted by Gasteiger charge is -2.20. The molecule has 88 valence electrons. The minimum absolute atomic E-state index is 0.713. The first-order valence-electron chi connectivity index (χ1n) is 5.92. The SMILES string of the molecule is Clc1ccc(CN2CCCCCC2)c(Cl)c1. The highest BCUT2D eigenvalue weighted by molar-refractivity contribution is 6.35. The van der Waals surface area contributed by atoms with Gasteiger partial charge in [-0.3, -0.25) is 4.90 Å². The smallest absolute Gasteiger partial charge is 0.0465 e. The molecule has 0 aromatic heterocycles. The van der Waals surface area contributed by atoms with Gasteiger partial charge < -0.3 is 0 Å². The van der Waals surface area contributed by atoms with Crippen molar-refractivity contribution in [3.8, 4) is 0 Å². The second kappa shape index (κ2) is 5.90. The molecule has 1 heterocycles. The van der Waals surface area contributed by atoms with E-state index < -0.39 is 0 Å². The zero-order chi connectivity index (χ0) is 11.4. The summed E-state index contributed by atoms with van der Waals surface area (Å²) in [6.07, 6.45) is 5.35. The van der Waals surface area contributed by atoms with Crippen LogP contribution in [0.25, 0.3) is 0 Å². The van der Waals surface area contributed by atoms with Crippen molar-refractivity contribution in [3.05, 3.63) is 33.8 Å². The molecule has 0 amide bonds. The normalized spacial score (nSPS) is 18.4. The molecule has 16 heavy (non-hydrogen) atoms. The molecule has 0 aliphatic carbocycles. The number of nitrogens with zero attached hydrogens (tertiary/aromatic N) is 1. The van der Waals surface area contributed by atoms with Gasteiger partial charge in [-0.1, -0.05) is 42.1 Å². The van der Waals surface area contributed by atoms with Crippen molar-refractivity contribution in [1.29, 1.82) is 0 Å². The average Bonchev–Trinajstić information content (AvgIpc) is 2.51.